The molecule has 0 saturated carbocycles. The number of amides is 2. The fourth-order valence-electron chi connectivity index (χ4n) is 3.06. The van der Waals surface area contributed by atoms with E-state index in [9.17, 15) is 18.0 Å². The number of ether oxygens (including phenoxy) is 1. The van der Waals surface area contributed by atoms with Crippen molar-refractivity contribution in [3.05, 3.63) is 83.4 Å². The van der Waals surface area contributed by atoms with Gasteiger partial charge in [0.15, 0.2) is 9.84 Å². The summed E-state index contributed by atoms with van der Waals surface area (Å²) in [7, 11) is -3.67. The molecule has 33 heavy (non-hydrogen) atoms. The van der Waals surface area contributed by atoms with Gasteiger partial charge in [-0.05, 0) is 61.5 Å². The molecule has 0 spiro atoms. The van der Waals surface area contributed by atoms with E-state index in [0.29, 0.717) is 10.7 Å². The molecule has 2 heterocycles. The summed E-state index contributed by atoms with van der Waals surface area (Å²) >= 11 is 5.84. The minimum absolute atomic E-state index is 0.0602. The van der Waals surface area contributed by atoms with Crippen LogP contribution >= 0.6 is 11.6 Å². The first-order valence-electron chi connectivity index (χ1n) is 9.69. The lowest BCUT2D eigenvalue weighted by Gasteiger charge is -2.15. The number of hydrazone groups is 1. The van der Waals surface area contributed by atoms with Crippen molar-refractivity contribution in [1.82, 2.24) is 15.0 Å². The third-order valence-electron chi connectivity index (χ3n) is 4.73. The Kier molecular flexibility index (Phi) is 6.21. The Morgan fingerprint density at radius 1 is 1.06 bits per heavy atom. The molecule has 0 saturated heterocycles. The molecular weight excluding hydrogens is 468 g/mol. The predicted octanol–water partition coefficient (Wildman–Crippen LogP) is 2.91. The smallest absolute Gasteiger partial charge is 0.297 e. The van der Waals surface area contributed by atoms with Crippen LogP contribution in [-0.2, 0) is 20.4 Å². The van der Waals surface area contributed by atoms with Gasteiger partial charge in [0.05, 0.1) is 10.6 Å². The van der Waals surface area contributed by atoms with E-state index in [1.807, 2.05) is 0 Å². The molecule has 2 amide bonds. The lowest BCUT2D eigenvalue weighted by atomic mass is 10.2. The fraction of sp³-hybridized carbons (Fsp3) is 0.136. The normalized spacial score (nSPS) is 15.9. The monoisotopic (exact) mass is 484 g/mol. The summed E-state index contributed by atoms with van der Waals surface area (Å²) in [6, 6.07) is 13.3. The summed E-state index contributed by atoms with van der Waals surface area (Å²) in [6.45, 7) is 1.57. The molecule has 1 aliphatic heterocycles. The summed E-state index contributed by atoms with van der Waals surface area (Å²) in [5, 5.41) is 5.24. The standard InChI is InChI=1S/C22H17ClN4O5S/c1-14-20(22(29)27(26-14)21(28)15-3-5-16(23)6-4-15)32-17-7-9-18(10-8-17)33(30,31)13-19-24-11-2-12-25-19/h2-12,20H,13H2,1H3. The number of hydrogen-bond acceptors (Lipinski definition) is 8. The van der Waals surface area contributed by atoms with Gasteiger partial charge in [-0.3, -0.25) is 9.59 Å². The van der Waals surface area contributed by atoms with Crippen LogP contribution in [0, 0.1) is 0 Å². The van der Waals surface area contributed by atoms with Gasteiger partial charge >= 0.3 is 0 Å². The fourth-order valence-corrected chi connectivity index (χ4v) is 4.40. The van der Waals surface area contributed by atoms with Crippen LogP contribution in [0.4, 0.5) is 0 Å². The van der Waals surface area contributed by atoms with Crippen LogP contribution in [0.25, 0.3) is 0 Å². The van der Waals surface area contributed by atoms with Gasteiger partial charge in [-0.25, -0.2) is 18.4 Å². The van der Waals surface area contributed by atoms with Crippen molar-refractivity contribution in [3.63, 3.8) is 0 Å². The Hall–Kier alpha value is -3.63. The predicted molar refractivity (Wildman–Crippen MR) is 120 cm³/mol. The average molecular weight is 485 g/mol. The third kappa shape index (κ3) is 4.91. The van der Waals surface area contributed by atoms with Crippen molar-refractivity contribution in [2.75, 3.05) is 0 Å². The minimum atomic E-state index is -3.67. The van der Waals surface area contributed by atoms with E-state index in [1.165, 1.54) is 48.8 Å². The number of carbonyl (C=O) groups is 2. The molecule has 0 fully saturated rings. The molecule has 11 heteroatoms. The molecule has 1 atom stereocenters. The van der Waals surface area contributed by atoms with Crippen molar-refractivity contribution in [2.45, 2.75) is 23.7 Å². The maximum atomic E-state index is 12.8. The number of rotatable bonds is 6. The highest BCUT2D eigenvalue weighted by Gasteiger charge is 2.39. The molecule has 0 aliphatic carbocycles. The number of nitrogens with zero attached hydrogens (tertiary/aromatic N) is 4. The van der Waals surface area contributed by atoms with Crippen LogP contribution in [0.5, 0.6) is 5.75 Å². The zero-order valence-corrected chi connectivity index (χ0v) is 18.8. The number of hydrogen-bond donors (Lipinski definition) is 0. The van der Waals surface area contributed by atoms with Crippen molar-refractivity contribution >= 4 is 39.0 Å². The first-order chi connectivity index (χ1) is 15.7. The van der Waals surface area contributed by atoms with Gasteiger partial charge in [0.25, 0.3) is 11.8 Å². The average Bonchev–Trinajstić information content (AvgIpc) is 3.08. The molecule has 1 aliphatic rings. The Bertz CT molecular complexity index is 1330. The Morgan fingerprint density at radius 3 is 2.33 bits per heavy atom. The Labute approximate surface area is 194 Å². The Balaban J connectivity index is 1.46. The first-order valence-corrected chi connectivity index (χ1v) is 11.7. The zero-order chi connectivity index (χ0) is 23.6. The van der Waals surface area contributed by atoms with Crippen LogP contribution in [0.3, 0.4) is 0 Å². The van der Waals surface area contributed by atoms with E-state index < -0.39 is 27.8 Å². The van der Waals surface area contributed by atoms with E-state index in [4.69, 9.17) is 16.3 Å². The SMILES string of the molecule is CC1=NN(C(=O)c2ccc(Cl)cc2)C(=O)C1Oc1ccc(S(=O)(=O)Cc2ncccn2)cc1. The van der Waals surface area contributed by atoms with Crippen molar-refractivity contribution in [3.8, 4) is 5.75 Å². The third-order valence-corrected chi connectivity index (χ3v) is 6.61. The van der Waals surface area contributed by atoms with Gasteiger partial charge in [0.2, 0.25) is 6.10 Å². The molecule has 0 radical (unpaired) electrons. The van der Waals surface area contributed by atoms with Crippen molar-refractivity contribution < 1.29 is 22.7 Å². The number of benzene rings is 2. The minimum Gasteiger partial charge on any atom is -0.474 e. The largest absolute Gasteiger partial charge is 0.474 e. The van der Waals surface area contributed by atoms with E-state index in [0.717, 1.165) is 5.01 Å². The summed E-state index contributed by atoms with van der Waals surface area (Å²) in [4.78, 5) is 33.3. The number of imide groups is 1. The molecule has 3 aromatic rings. The van der Waals surface area contributed by atoms with Crippen LogP contribution in [0.2, 0.25) is 5.02 Å². The van der Waals surface area contributed by atoms with Gasteiger partial charge in [-0.15, -0.1) is 0 Å². The zero-order valence-electron chi connectivity index (χ0n) is 17.3. The highest BCUT2D eigenvalue weighted by atomic mass is 35.5. The second-order valence-corrected chi connectivity index (χ2v) is 9.52. The lowest BCUT2D eigenvalue weighted by Crippen LogP contribution is -2.38. The summed E-state index contributed by atoms with van der Waals surface area (Å²) in [5.74, 6) is -1.16. The molecule has 4 rings (SSSR count). The molecule has 1 unspecified atom stereocenters. The van der Waals surface area contributed by atoms with E-state index >= 15 is 0 Å². The molecular formula is C22H17ClN4O5S. The molecule has 0 bridgehead atoms. The summed E-state index contributed by atoms with van der Waals surface area (Å²) in [5.41, 5.74) is 0.544. The van der Waals surface area contributed by atoms with Crippen LogP contribution < -0.4 is 4.74 Å². The van der Waals surface area contributed by atoms with Crippen LogP contribution in [-0.4, -0.2) is 47.0 Å². The number of aromatic nitrogens is 2. The van der Waals surface area contributed by atoms with Gasteiger partial charge in [-0.2, -0.15) is 10.1 Å². The highest BCUT2D eigenvalue weighted by Crippen LogP contribution is 2.23. The maximum Gasteiger partial charge on any atom is 0.297 e. The van der Waals surface area contributed by atoms with E-state index in [2.05, 4.69) is 15.1 Å². The second kappa shape index (κ2) is 9.08. The van der Waals surface area contributed by atoms with Crippen molar-refractivity contribution in [1.29, 1.82) is 0 Å². The van der Waals surface area contributed by atoms with Crippen molar-refractivity contribution in [2.24, 2.45) is 5.10 Å². The lowest BCUT2D eigenvalue weighted by molar-refractivity contribution is -0.131. The highest BCUT2D eigenvalue weighted by molar-refractivity contribution is 7.90. The van der Waals surface area contributed by atoms with Crippen LogP contribution in [0.1, 0.15) is 23.1 Å². The molecule has 1 aromatic heterocycles. The summed E-state index contributed by atoms with van der Waals surface area (Å²) < 4.78 is 30.9. The quantitative estimate of drug-likeness (QED) is 0.493. The molecule has 168 valence electrons. The van der Waals surface area contributed by atoms with Crippen LogP contribution in [0.15, 0.2) is 77.0 Å². The molecule has 2 aromatic carbocycles. The second-order valence-electron chi connectivity index (χ2n) is 7.10. The van der Waals surface area contributed by atoms with Gasteiger partial charge in [0.1, 0.15) is 17.3 Å². The maximum absolute atomic E-state index is 12.8. The molecule has 0 N–H and O–H groups in total. The van der Waals surface area contributed by atoms with Gasteiger partial charge in [0, 0.05) is 23.0 Å². The number of halogens is 1. The Morgan fingerprint density at radius 2 is 1.70 bits per heavy atom. The molecule has 9 nitrogen and oxygen atoms in total. The number of carbonyl (C=O) groups excluding carboxylic acids is 2. The van der Waals surface area contributed by atoms with E-state index in [1.54, 1.807) is 25.1 Å². The van der Waals surface area contributed by atoms with Gasteiger partial charge < -0.3 is 4.74 Å². The topological polar surface area (TPSA) is 119 Å². The van der Waals surface area contributed by atoms with Gasteiger partial charge in [-0.1, -0.05) is 11.6 Å². The number of sulfone groups is 1. The van der Waals surface area contributed by atoms with E-state index in [-0.39, 0.29) is 27.8 Å². The summed E-state index contributed by atoms with van der Waals surface area (Å²) in [6.07, 6.45) is 1.83. The first kappa shape index (κ1) is 22.6.